The topological polar surface area (TPSA) is 105 Å². The number of nitrogens with zero attached hydrogens (tertiary/aromatic N) is 4. The lowest BCUT2D eigenvalue weighted by Crippen LogP contribution is -2.43. The second-order valence-electron chi connectivity index (χ2n) is 9.86. The molecule has 0 aliphatic carbocycles. The molecule has 0 unspecified atom stereocenters. The largest absolute Gasteiger partial charge is 0.318 e. The highest BCUT2D eigenvalue weighted by Gasteiger charge is 2.34. The lowest BCUT2D eigenvalue weighted by atomic mass is 10.0. The van der Waals surface area contributed by atoms with E-state index in [1.807, 2.05) is 25.5 Å². The molecule has 2 aromatic rings. The number of unbranched alkanes of at least 4 members (excludes halogenated alkanes) is 2. The molecule has 0 spiro atoms. The third kappa shape index (κ3) is 7.38. The van der Waals surface area contributed by atoms with Crippen molar-refractivity contribution in [1.29, 1.82) is 0 Å². The van der Waals surface area contributed by atoms with Gasteiger partial charge in [0.05, 0.1) is 17.3 Å². The highest BCUT2D eigenvalue weighted by Crippen LogP contribution is 2.23. The summed E-state index contributed by atoms with van der Waals surface area (Å²) < 4.78 is 3.08. The van der Waals surface area contributed by atoms with Gasteiger partial charge in [0, 0.05) is 26.4 Å². The van der Waals surface area contributed by atoms with E-state index in [1.165, 1.54) is 9.21 Å². The molecule has 0 bridgehead atoms. The molecular formula is C27H38ClN5O4S. The number of halogens is 1. The van der Waals surface area contributed by atoms with Crippen molar-refractivity contribution >= 4 is 54.7 Å². The summed E-state index contributed by atoms with van der Waals surface area (Å²) in [5.74, 6) is 0.454. The number of imidazole rings is 1. The molecule has 0 saturated heterocycles. The van der Waals surface area contributed by atoms with Gasteiger partial charge in [-0.1, -0.05) is 52.1 Å². The second-order valence-corrected chi connectivity index (χ2v) is 10.3. The predicted molar refractivity (Wildman–Crippen MR) is 152 cm³/mol. The van der Waals surface area contributed by atoms with Gasteiger partial charge < -0.3 is 9.88 Å². The van der Waals surface area contributed by atoms with Crippen LogP contribution in [0.15, 0.2) is 30.5 Å². The molecule has 1 aliphatic rings. The van der Waals surface area contributed by atoms with Crippen LogP contribution in [0.3, 0.4) is 0 Å². The van der Waals surface area contributed by atoms with E-state index in [9.17, 15) is 19.2 Å². The van der Waals surface area contributed by atoms with Gasteiger partial charge in [-0.05, 0) is 43.7 Å². The number of aryl methyl sites for hydroxylation is 1. The molecule has 1 atom stereocenters. The average Bonchev–Trinajstić information content (AvgIpc) is 3.34. The van der Waals surface area contributed by atoms with Crippen molar-refractivity contribution in [3.8, 4) is 0 Å². The van der Waals surface area contributed by atoms with Crippen LogP contribution in [0.25, 0.3) is 0 Å². The molecule has 3 rings (SSSR count). The van der Waals surface area contributed by atoms with Crippen LogP contribution < -0.4 is 5.32 Å². The first-order valence-corrected chi connectivity index (χ1v) is 13.3. The number of aromatic nitrogens is 2. The molecule has 1 aromatic heterocycles. The number of hydrogen-bond acceptors (Lipinski definition) is 6. The molecule has 38 heavy (non-hydrogen) atoms. The van der Waals surface area contributed by atoms with E-state index in [1.54, 1.807) is 30.5 Å². The Labute approximate surface area is 236 Å². The summed E-state index contributed by atoms with van der Waals surface area (Å²) in [5.41, 5.74) is 0.831. The third-order valence-corrected chi connectivity index (χ3v) is 7.04. The number of anilines is 1. The van der Waals surface area contributed by atoms with Crippen LogP contribution in [0.5, 0.6) is 0 Å². The Kier molecular flexibility index (Phi) is 11.8. The maximum absolute atomic E-state index is 13.2. The molecule has 0 fully saturated rings. The smallest absolute Gasteiger partial charge is 0.261 e. The van der Waals surface area contributed by atoms with Crippen LogP contribution in [-0.4, -0.2) is 55.0 Å². The Bertz CT molecular complexity index is 1120. The van der Waals surface area contributed by atoms with Crippen LogP contribution >= 0.6 is 25.2 Å². The molecular weight excluding hydrogens is 526 g/mol. The molecule has 4 amide bonds. The number of nitrogens with one attached hydrogen (secondary N) is 1. The van der Waals surface area contributed by atoms with Crippen LogP contribution in [0.4, 0.5) is 5.82 Å². The third-order valence-electron chi connectivity index (χ3n) is 6.54. The number of benzene rings is 1. The van der Waals surface area contributed by atoms with Gasteiger partial charge >= 0.3 is 0 Å². The number of carbonyl (C=O) groups excluding carboxylic acids is 4. The predicted octanol–water partition coefficient (Wildman–Crippen LogP) is 4.68. The Morgan fingerprint density at radius 3 is 2.29 bits per heavy atom. The Morgan fingerprint density at radius 1 is 1.08 bits per heavy atom. The summed E-state index contributed by atoms with van der Waals surface area (Å²) in [6.45, 7) is 6.33. The molecule has 0 radical (unpaired) electrons. The zero-order valence-corrected chi connectivity index (χ0v) is 24.2. The summed E-state index contributed by atoms with van der Waals surface area (Å²) >= 11 is 4.41. The average molecular weight is 564 g/mol. The first-order chi connectivity index (χ1) is 17.6. The Balaban J connectivity index is 0.00000507. The molecule has 9 nitrogen and oxygen atoms in total. The number of imide groups is 1. The Hall–Kier alpha value is -2.85. The highest BCUT2D eigenvalue weighted by atomic mass is 35.5. The fraction of sp³-hybridized carbons (Fsp3) is 0.519. The minimum Gasteiger partial charge on any atom is -0.318 e. The molecule has 0 saturated carbocycles. The lowest BCUT2D eigenvalue weighted by Gasteiger charge is -2.27. The summed E-state index contributed by atoms with van der Waals surface area (Å²) in [6.07, 6.45) is 6.09. The zero-order chi connectivity index (χ0) is 27.1. The standard InChI is InChI=1S/C27H37N5O4S.ClH/c1-5-6-13-22-28-17-23(30(22)4)29-25(34)21(16-18(2)3)32(37)24(33)14-9-10-15-31-26(35)19-11-7-8-12-20(19)27(31)36;/h7-8,11-12,17-18,21,37H,5-6,9-10,13-16H2,1-4H3,(H,29,34);1H/t21-;/m0./s1. The van der Waals surface area contributed by atoms with Crippen molar-refractivity contribution in [3.05, 3.63) is 47.4 Å². The summed E-state index contributed by atoms with van der Waals surface area (Å²) in [5, 5.41) is 2.91. The van der Waals surface area contributed by atoms with Crippen molar-refractivity contribution in [2.45, 2.75) is 71.8 Å². The lowest BCUT2D eigenvalue weighted by molar-refractivity contribution is -0.132. The van der Waals surface area contributed by atoms with Crippen molar-refractivity contribution in [2.75, 3.05) is 11.9 Å². The van der Waals surface area contributed by atoms with Crippen molar-refractivity contribution in [3.63, 3.8) is 0 Å². The minimum absolute atomic E-state index is 0. The second kappa shape index (κ2) is 14.3. The molecule has 1 aromatic carbocycles. The number of carbonyl (C=O) groups is 4. The van der Waals surface area contributed by atoms with Crippen LogP contribution in [-0.2, 0) is 23.1 Å². The van der Waals surface area contributed by atoms with E-state index in [-0.39, 0.29) is 54.9 Å². The number of hydrogen-bond donors (Lipinski definition) is 2. The van der Waals surface area contributed by atoms with Crippen LogP contribution in [0.2, 0.25) is 0 Å². The Morgan fingerprint density at radius 2 is 1.71 bits per heavy atom. The quantitative estimate of drug-likeness (QED) is 0.209. The molecule has 1 aliphatic heterocycles. The van der Waals surface area contributed by atoms with Crippen molar-refractivity contribution in [1.82, 2.24) is 18.8 Å². The van der Waals surface area contributed by atoms with Gasteiger partial charge in [0.15, 0.2) is 0 Å². The SMILES string of the molecule is CCCCc1ncc(NC(=O)[C@H](CC(C)C)N(S)C(=O)CCCCN2C(=O)c3ccccc3C2=O)n1C.Cl. The van der Waals surface area contributed by atoms with E-state index < -0.39 is 6.04 Å². The molecule has 208 valence electrons. The van der Waals surface area contributed by atoms with Gasteiger partial charge in [-0.25, -0.2) is 4.98 Å². The minimum atomic E-state index is -0.749. The van der Waals surface area contributed by atoms with Gasteiger partial charge in [0.1, 0.15) is 17.7 Å². The normalized spacial score (nSPS) is 13.4. The first-order valence-electron chi connectivity index (χ1n) is 12.9. The maximum atomic E-state index is 13.2. The van der Waals surface area contributed by atoms with E-state index >= 15 is 0 Å². The van der Waals surface area contributed by atoms with Crippen LogP contribution in [0.1, 0.15) is 85.8 Å². The maximum Gasteiger partial charge on any atom is 0.261 e. The fourth-order valence-electron chi connectivity index (χ4n) is 4.38. The summed E-state index contributed by atoms with van der Waals surface area (Å²) in [6, 6.07) is 6.01. The van der Waals surface area contributed by atoms with Gasteiger partial charge in [0.25, 0.3) is 11.8 Å². The number of thiol groups is 1. The van der Waals surface area contributed by atoms with Crippen LogP contribution in [0, 0.1) is 5.92 Å². The summed E-state index contributed by atoms with van der Waals surface area (Å²) in [4.78, 5) is 56.7. The van der Waals surface area contributed by atoms with E-state index in [0.29, 0.717) is 36.2 Å². The van der Waals surface area contributed by atoms with Crippen molar-refractivity contribution < 1.29 is 19.2 Å². The number of amides is 4. The fourth-order valence-corrected chi connectivity index (χ4v) is 4.68. The molecule has 2 heterocycles. The van der Waals surface area contributed by atoms with Gasteiger partial charge in [-0.15, -0.1) is 12.4 Å². The number of fused-ring (bicyclic) bond motifs is 1. The van der Waals surface area contributed by atoms with Crippen molar-refractivity contribution in [2.24, 2.45) is 13.0 Å². The van der Waals surface area contributed by atoms with Gasteiger partial charge in [0.2, 0.25) is 11.8 Å². The first kappa shape index (κ1) is 31.4. The zero-order valence-electron chi connectivity index (χ0n) is 22.5. The molecule has 1 N–H and O–H groups in total. The molecule has 11 heteroatoms. The van der Waals surface area contributed by atoms with E-state index in [0.717, 1.165) is 25.1 Å². The van der Waals surface area contributed by atoms with E-state index in [2.05, 4.69) is 30.0 Å². The van der Waals surface area contributed by atoms with Gasteiger partial charge in [-0.2, -0.15) is 0 Å². The highest BCUT2D eigenvalue weighted by molar-refractivity contribution is 7.78. The van der Waals surface area contributed by atoms with E-state index in [4.69, 9.17) is 0 Å². The monoisotopic (exact) mass is 563 g/mol. The summed E-state index contributed by atoms with van der Waals surface area (Å²) in [7, 11) is 1.86. The van der Waals surface area contributed by atoms with Gasteiger partial charge in [-0.3, -0.25) is 28.4 Å². The number of rotatable bonds is 13.